The molecule has 1 aromatic carbocycles. The molecule has 0 saturated carbocycles. The Kier molecular flexibility index (Phi) is 6.61. The lowest BCUT2D eigenvalue weighted by Gasteiger charge is -2.45. The summed E-state index contributed by atoms with van der Waals surface area (Å²) in [5.74, 6) is 1.23. The van der Waals surface area contributed by atoms with Crippen LogP contribution < -0.4 is 25.4 Å². The Morgan fingerprint density at radius 2 is 1.86 bits per heavy atom. The van der Waals surface area contributed by atoms with E-state index in [9.17, 15) is 4.79 Å². The van der Waals surface area contributed by atoms with Crippen LogP contribution in [0.2, 0.25) is 0 Å². The molecule has 1 aromatic rings. The smallest absolute Gasteiger partial charge is 0.278 e. The first-order valence-corrected chi connectivity index (χ1v) is 10.3. The number of methoxy groups -OCH3 is 2. The molecule has 0 spiro atoms. The Bertz CT molecular complexity index is 713. The largest absolute Gasteiger partial charge is 0.497 e. The summed E-state index contributed by atoms with van der Waals surface area (Å²) in [7, 11) is 3.24. The van der Waals surface area contributed by atoms with Gasteiger partial charge in [-0.2, -0.15) is 0 Å². The fraction of sp³-hybridized carbons (Fsp3) is 0.600. The first-order chi connectivity index (χ1) is 13.5. The van der Waals surface area contributed by atoms with Crippen LogP contribution in [0.25, 0.3) is 0 Å². The van der Waals surface area contributed by atoms with Gasteiger partial charge in [0.25, 0.3) is 5.91 Å². The Labute approximate surface area is 172 Å². The molecule has 28 heavy (non-hydrogen) atoms. The monoisotopic (exact) mass is 407 g/mol. The average Bonchev–Trinajstić information content (AvgIpc) is 2.74. The fourth-order valence-corrected chi connectivity index (χ4v) is 4.71. The number of nitrogens with two attached hydrogens (primary N) is 1. The van der Waals surface area contributed by atoms with Crippen molar-refractivity contribution in [1.29, 1.82) is 0 Å². The second kappa shape index (κ2) is 8.96. The Morgan fingerprint density at radius 3 is 2.43 bits per heavy atom. The number of primary amides is 1. The van der Waals surface area contributed by atoms with E-state index < -0.39 is 5.54 Å². The van der Waals surface area contributed by atoms with Gasteiger partial charge in [-0.3, -0.25) is 4.79 Å². The number of rotatable bonds is 5. The Morgan fingerprint density at radius 1 is 1.18 bits per heavy atom. The second-order valence-corrected chi connectivity index (χ2v) is 7.98. The number of benzene rings is 1. The number of hydrogen-bond donors (Lipinski definition) is 3. The second-order valence-electron chi connectivity index (χ2n) is 7.59. The van der Waals surface area contributed by atoms with Gasteiger partial charge < -0.3 is 30.3 Å². The molecule has 2 saturated heterocycles. The number of quaternary nitrogens is 1. The number of thiocarbonyl (C=S) groups is 1. The highest BCUT2D eigenvalue weighted by Crippen LogP contribution is 2.30. The lowest BCUT2D eigenvalue weighted by molar-refractivity contribution is -0.948. The predicted octanol–water partition coefficient (Wildman–Crippen LogP) is 0.789. The van der Waals surface area contributed by atoms with E-state index in [0.717, 1.165) is 50.5 Å². The van der Waals surface area contributed by atoms with Crippen molar-refractivity contribution < 1.29 is 19.2 Å². The first-order valence-electron chi connectivity index (χ1n) is 9.93. The molecular formula is C20H31N4O3S+. The highest BCUT2D eigenvalue weighted by atomic mass is 32.1. The third-order valence-corrected chi connectivity index (χ3v) is 6.52. The molecule has 8 heteroatoms. The predicted molar refractivity (Wildman–Crippen MR) is 113 cm³/mol. The van der Waals surface area contributed by atoms with Crippen LogP contribution in [0, 0.1) is 0 Å². The van der Waals surface area contributed by atoms with Gasteiger partial charge in [0.2, 0.25) is 0 Å². The van der Waals surface area contributed by atoms with Gasteiger partial charge in [0.15, 0.2) is 10.7 Å². The molecule has 0 radical (unpaired) electrons. The summed E-state index contributed by atoms with van der Waals surface area (Å²) < 4.78 is 10.7. The number of anilines is 1. The van der Waals surface area contributed by atoms with Crippen molar-refractivity contribution in [1.82, 2.24) is 4.90 Å². The number of nitrogens with one attached hydrogen (secondary N) is 2. The molecule has 0 atom stereocenters. The van der Waals surface area contributed by atoms with Gasteiger partial charge in [0, 0.05) is 32.0 Å². The maximum Gasteiger partial charge on any atom is 0.278 e. The number of amides is 1. The van der Waals surface area contributed by atoms with Crippen LogP contribution in [0.15, 0.2) is 18.2 Å². The lowest BCUT2D eigenvalue weighted by Crippen LogP contribution is -3.22. The molecule has 0 aromatic heterocycles. The molecule has 154 valence electrons. The molecule has 3 rings (SSSR count). The van der Waals surface area contributed by atoms with Crippen LogP contribution in [-0.2, 0) is 4.79 Å². The SMILES string of the molecule is COc1ccc(NC(=S)N2CCC(C(N)=O)([NH+]3CCCCC3)CC2)c(OC)c1. The minimum absolute atomic E-state index is 0.167. The number of nitrogens with zero attached hydrogens (tertiary/aromatic N) is 1. The van der Waals surface area contributed by atoms with Crippen molar-refractivity contribution in [2.45, 2.75) is 37.6 Å². The highest BCUT2D eigenvalue weighted by Gasteiger charge is 2.49. The maximum absolute atomic E-state index is 12.4. The van der Waals surface area contributed by atoms with Gasteiger partial charge >= 0.3 is 0 Å². The van der Waals surface area contributed by atoms with E-state index in [1.807, 2.05) is 18.2 Å². The van der Waals surface area contributed by atoms with Crippen molar-refractivity contribution in [3.05, 3.63) is 18.2 Å². The summed E-state index contributed by atoms with van der Waals surface area (Å²) >= 11 is 5.63. The molecular weight excluding hydrogens is 376 g/mol. The van der Waals surface area contributed by atoms with Crippen LogP contribution in [0.4, 0.5) is 5.69 Å². The van der Waals surface area contributed by atoms with Crippen LogP contribution in [-0.4, -0.2) is 61.9 Å². The standard InChI is InChI=1S/C20H30N4O3S/c1-26-15-6-7-16(17(14-15)27-2)22-19(28)23-12-8-20(9-13-23,18(21)25)24-10-4-3-5-11-24/h6-7,14H,3-5,8-13H2,1-2H3,(H2,21,25)(H,22,28)/p+1. The van der Waals surface area contributed by atoms with Gasteiger partial charge in [-0.1, -0.05) is 0 Å². The first kappa shape index (κ1) is 20.7. The van der Waals surface area contributed by atoms with Gasteiger partial charge in [-0.25, -0.2) is 0 Å². The number of carbonyl (C=O) groups excluding carboxylic acids is 1. The molecule has 0 bridgehead atoms. The molecule has 1 amide bonds. The zero-order valence-electron chi connectivity index (χ0n) is 16.8. The van der Waals surface area contributed by atoms with E-state index in [2.05, 4.69) is 10.2 Å². The van der Waals surface area contributed by atoms with Crippen molar-refractivity contribution in [3.8, 4) is 11.5 Å². The molecule has 0 aliphatic carbocycles. The minimum atomic E-state index is -0.454. The van der Waals surface area contributed by atoms with Crippen molar-refractivity contribution in [3.63, 3.8) is 0 Å². The number of piperidine rings is 2. The molecule has 2 fully saturated rings. The van der Waals surface area contributed by atoms with Crippen molar-refractivity contribution >= 4 is 28.9 Å². The Hall–Kier alpha value is -2.06. The summed E-state index contributed by atoms with van der Waals surface area (Å²) in [6, 6.07) is 5.57. The van der Waals surface area contributed by atoms with E-state index in [-0.39, 0.29) is 5.91 Å². The molecule has 7 nitrogen and oxygen atoms in total. The zero-order valence-corrected chi connectivity index (χ0v) is 17.6. The normalized spacial score (nSPS) is 19.7. The molecule has 2 heterocycles. The lowest BCUT2D eigenvalue weighted by atomic mass is 9.83. The summed E-state index contributed by atoms with van der Waals surface area (Å²) in [4.78, 5) is 15.9. The Balaban J connectivity index is 1.65. The van der Waals surface area contributed by atoms with E-state index in [4.69, 9.17) is 27.4 Å². The van der Waals surface area contributed by atoms with E-state index >= 15 is 0 Å². The molecule has 2 aliphatic heterocycles. The summed E-state index contributed by atoms with van der Waals surface area (Å²) in [6.07, 6.45) is 5.07. The summed E-state index contributed by atoms with van der Waals surface area (Å²) in [5, 5.41) is 3.91. The van der Waals surface area contributed by atoms with Gasteiger partial charge in [0.05, 0.1) is 33.0 Å². The van der Waals surface area contributed by atoms with Crippen LogP contribution in [0.5, 0.6) is 11.5 Å². The number of ether oxygens (including phenoxy) is 2. The zero-order chi connectivity index (χ0) is 20.1. The topological polar surface area (TPSA) is 81.3 Å². The molecule has 0 unspecified atom stereocenters. The minimum Gasteiger partial charge on any atom is -0.497 e. The quantitative estimate of drug-likeness (QED) is 0.626. The summed E-state index contributed by atoms with van der Waals surface area (Å²) in [5.41, 5.74) is 6.23. The van der Waals surface area contributed by atoms with E-state index in [0.29, 0.717) is 10.9 Å². The third kappa shape index (κ3) is 4.17. The molecule has 4 N–H and O–H groups in total. The number of carbonyl (C=O) groups is 1. The van der Waals surface area contributed by atoms with E-state index in [1.165, 1.54) is 24.2 Å². The fourth-order valence-electron chi connectivity index (χ4n) is 4.42. The van der Waals surface area contributed by atoms with Crippen LogP contribution in [0.1, 0.15) is 32.1 Å². The molecule has 2 aliphatic rings. The average molecular weight is 408 g/mol. The number of hydrogen-bond acceptors (Lipinski definition) is 4. The van der Waals surface area contributed by atoms with Crippen LogP contribution in [0.3, 0.4) is 0 Å². The van der Waals surface area contributed by atoms with E-state index in [1.54, 1.807) is 14.2 Å². The van der Waals surface area contributed by atoms with Gasteiger partial charge in [-0.15, -0.1) is 0 Å². The highest BCUT2D eigenvalue weighted by molar-refractivity contribution is 7.80. The van der Waals surface area contributed by atoms with Crippen molar-refractivity contribution in [2.75, 3.05) is 45.7 Å². The summed E-state index contributed by atoms with van der Waals surface area (Å²) in [6.45, 7) is 3.51. The van der Waals surface area contributed by atoms with Crippen LogP contribution >= 0.6 is 12.2 Å². The van der Waals surface area contributed by atoms with Gasteiger partial charge in [-0.05, 0) is 43.6 Å². The van der Waals surface area contributed by atoms with Gasteiger partial charge in [0.1, 0.15) is 11.5 Å². The number of likely N-dealkylation sites (tertiary alicyclic amines) is 2. The maximum atomic E-state index is 12.4. The third-order valence-electron chi connectivity index (χ3n) is 6.16. The van der Waals surface area contributed by atoms with Crippen molar-refractivity contribution in [2.24, 2.45) is 5.73 Å².